The summed E-state index contributed by atoms with van der Waals surface area (Å²) in [5, 5.41) is 21.6. The summed E-state index contributed by atoms with van der Waals surface area (Å²) in [7, 11) is 0. The first kappa shape index (κ1) is 27.5. The minimum Gasteiger partial charge on any atom is -0.445 e. The first-order chi connectivity index (χ1) is 18.5. The zero-order valence-corrected chi connectivity index (χ0v) is 21.1. The van der Waals surface area contributed by atoms with Crippen LogP contribution in [0.2, 0.25) is 0 Å². The van der Waals surface area contributed by atoms with Gasteiger partial charge in [0.25, 0.3) is 0 Å². The molecule has 200 valence electrons. The van der Waals surface area contributed by atoms with Crippen LogP contribution in [0.4, 0.5) is 4.79 Å². The molecule has 8 heteroatoms. The van der Waals surface area contributed by atoms with Crippen LogP contribution in [0.25, 0.3) is 0 Å². The van der Waals surface area contributed by atoms with E-state index < -0.39 is 36.2 Å². The Kier molecular flexibility index (Phi) is 10.0. The minimum atomic E-state index is -1.73. The molecule has 4 atom stereocenters. The van der Waals surface area contributed by atoms with E-state index in [1.54, 1.807) is 0 Å². The van der Waals surface area contributed by atoms with Crippen molar-refractivity contribution in [3.8, 4) is 0 Å². The fourth-order valence-corrected chi connectivity index (χ4v) is 4.40. The van der Waals surface area contributed by atoms with Gasteiger partial charge in [0.15, 0.2) is 5.78 Å². The number of benzene rings is 3. The first-order valence-corrected chi connectivity index (χ1v) is 12.6. The highest BCUT2D eigenvalue weighted by Crippen LogP contribution is 2.27. The van der Waals surface area contributed by atoms with Crippen LogP contribution in [0.3, 0.4) is 0 Å². The lowest BCUT2D eigenvalue weighted by Crippen LogP contribution is -2.50. The van der Waals surface area contributed by atoms with Gasteiger partial charge in [0.05, 0.1) is 31.9 Å². The van der Waals surface area contributed by atoms with Gasteiger partial charge in [-0.05, 0) is 23.1 Å². The van der Waals surface area contributed by atoms with Crippen LogP contribution in [0, 0.1) is 0 Å². The molecule has 38 heavy (non-hydrogen) atoms. The number of ketones is 1. The van der Waals surface area contributed by atoms with Crippen molar-refractivity contribution in [2.45, 2.75) is 50.6 Å². The van der Waals surface area contributed by atoms with Gasteiger partial charge in [0.1, 0.15) is 25.4 Å². The number of Topliss-reactive ketones (excluding diaryl/α,β-unsaturated/α-hetero) is 1. The van der Waals surface area contributed by atoms with E-state index in [1.165, 1.54) is 4.90 Å². The van der Waals surface area contributed by atoms with Crippen LogP contribution in [0.1, 0.15) is 23.1 Å². The van der Waals surface area contributed by atoms with Crippen molar-refractivity contribution in [3.63, 3.8) is 0 Å². The van der Waals surface area contributed by atoms with Crippen LogP contribution in [-0.2, 0) is 38.8 Å². The normalized spacial score (nSPS) is 18.6. The Morgan fingerprint density at radius 2 is 1.32 bits per heavy atom. The quantitative estimate of drug-likeness (QED) is 0.377. The third-order valence-corrected chi connectivity index (χ3v) is 6.48. The van der Waals surface area contributed by atoms with E-state index in [2.05, 4.69) is 0 Å². The highest BCUT2D eigenvalue weighted by Gasteiger charge is 2.44. The minimum absolute atomic E-state index is 0.0589. The van der Waals surface area contributed by atoms with E-state index in [0.29, 0.717) is 6.61 Å². The van der Waals surface area contributed by atoms with Gasteiger partial charge >= 0.3 is 6.09 Å². The lowest BCUT2D eigenvalue weighted by Gasteiger charge is -2.29. The molecular weight excluding hydrogens is 486 g/mol. The van der Waals surface area contributed by atoms with Crippen molar-refractivity contribution in [1.82, 2.24) is 4.90 Å². The molecule has 0 bridgehead atoms. The number of aliphatic hydroxyl groups is 2. The van der Waals surface area contributed by atoms with Crippen LogP contribution >= 0.6 is 0 Å². The molecule has 0 aliphatic carbocycles. The van der Waals surface area contributed by atoms with Gasteiger partial charge in [0, 0.05) is 0 Å². The molecule has 8 nitrogen and oxygen atoms in total. The van der Waals surface area contributed by atoms with Gasteiger partial charge in [-0.25, -0.2) is 4.79 Å². The summed E-state index contributed by atoms with van der Waals surface area (Å²) >= 11 is 0. The Bertz CT molecular complexity index is 1140. The average molecular weight is 520 g/mol. The molecule has 0 radical (unpaired) electrons. The summed E-state index contributed by atoms with van der Waals surface area (Å²) in [6, 6.07) is 27.3. The van der Waals surface area contributed by atoms with E-state index in [4.69, 9.17) is 14.2 Å². The van der Waals surface area contributed by atoms with Crippen LogP contribution in [0.15, 0.2) is 91.0 Å². The van der Waals surface area contributed by atoms with Crippen molar-refractivity contribution in [2.24, 2.45) is 0 Å². The van der Waals surface area contributed by atoms with Crippen LogP contribution < -0.4 is 0 Å². The molecule has 1 aliphatic rings. The van der Waals surface area contributed by atoms with Gasteiger partial charge < -0.3 is 24.4 Å². The molecule has 0 saturated carbocycles. The van der Waals surface area contributed by atoms with Crippen molar-refractivity contribution in [3.05, 3.63) is 108 Å². The van der Waals surface area contributed by atoms with Gasteiger partial charge in [-0.2, -0.15) is 0 Å². The SMILES string of the molecule is O=C(COCc1ccccc1)[C@H](O)[C@@H](O)[C@@H]1C[C@@H](OCc2ccccc2)CN1C(=O)OCc1ccccc1. The second-order valence-corrected chi connectivity index (χ2v) is 9.29. The van der Waals surface area contributed by atoms with Crippen molar-refractivity contribution in [1.29, 1.82) is 0 Å². The Balaban J connectivity index is 1.37. The van der Waals surface area contributed by atoms with Crippen LogP contribution in [0.5, 0.6) is 0 Å². The second kappa shape index (κ2) is 13.8. The maximum Gasteiger partial charge on any atom is 0.410 e. The molecule has 3 aromatic carbocycles. The Morgan fingerprint density at radius 1 is 0.789 bits per heavy atom. The smallest absolute Gasteiger partial charge is 0.410 e. The average Bonchev–Trinajstić information content (AvgIpc) is 3.40. The zero-order chi connectivity index (χ0) is 26.7. The van der Waals surface area contributed by atoms with Gasteiger partial charge in [-0.1, -0.05) is 91.0 Å². The summed E-state index contributed by atoms with van der Waals surface area (Å²) < 4.78 is 16.9. The van der Waals surface area contributed by atoms with Crippen molar-refractivity contribution < 1.29 is 34.0 Å². The maximum absolute atomic E-state index is 13.0. The fourth-order valence-electron chi connectivity index (χ4n) is 4.40. The monoisotopic (exact) mass is 519 g/mol. The van der Waals surface area contributed by atoms with Crippen molar-refractivity contribution in [2.75, 3.05) is 13.2 Å². The third-order valence-electron chi connectivity index (χ3n) is 6.48. The number of likely N-dealkylation sites (tertiary alicyclic amines) is 1. The topological polar surface area (TPSA) is 106 Å². The van der Waals surface area contributed by atoms with E-state index in [-0.39, 0.29) is 32.8 Å². The predicted molar refractivity (Wildman–Crippen MR) is 140 cm³/mol. The summed E-state index contributed by atoms with van der Waals surface area (Å²) in [6.45, 7) is 0.380. The molecule has 1 amide bonds. The van der Waals surface area contributed by atoms with Gasteiger partial charge in [0.2, 0.25) is 0 Å². The third kappa shape index (κ3) is 7.72. The Morgan fingerprint density at radius 3 is 1.89 bits per heavy atom. The van der Waals surface area contributed by atoms with Gasteiger partial charge in [-0.3, -0.25) is 9.69 Å². The molecule has 3 aromatic rings. The number of carbonyl (C=O) groups is 2. The summed E-state index contributed by atoms with van der Waals surface area (Å²) in [6.07, 6.45) is -4.08. The number of amides is 1. The highest BCUT2D eigenvalue weighted by molar-refractivity contribution is 5.84. The molecule has 1 fully saturated rings. The van der Waals surface area contributed by atoms with E-state index in [0.717, 1.165) is 16.7 Å². The molecule has 0 unspecified atom stereocenters. The largest absolute Gasteiger partial charge is 0.445 e. The molecule has 1 saturated heterocycles. The molecule has 1 heterocycles. The highest BCUT2D eigenvalue weighted by atomic mass is 16.6. The molecule has 4 rings (SSSR count). The second-order valence-electron chi connectivity index (χ2n) is 9.29. The molecule has 2 N–H and O–H groups in total. The molecule has 0 spiro atoms. The molecular formula is C30H33NO7. The number of carbonyl (C=O) groups excluding carboxylic acids is 2. The summed E-state index contributed by atoms with van der Waals surface area (Å²) in [5.74, 6) is -0.667. The number of hydrogen-bond donors (Lipinski definition) is 2. The zero-order valence-electron chi connectivity index (χ0n) is 21.1. The van der Waals surface area contributed by atoms with Crippen LogP contribution in [-0.4, -0.2) is 64.5 Å². The maximum atomic E-state index is 13.0. The Labute approximate surface area is 222 Å². The number of nitrogens with zero attached hydrogens (tertiary/aromatic N) is 1. The first-order valence-electron chi connectivity index (χ1n) is 12.6. The van der Waals surface area contributed by atoms with E-state index in [1.807, 2.05) is 91.0 Å². The van der Waals surface area contributed by atoms with Crippen molar-refractivity contribution >= 4 is 11.9 Å². The number of ether oxygens (including phenoxy) is 3. The van der Waals surface area contributed by atoms with E-state index >= 15 is 0 Å². The lowest BCUT2D eigenvalue weighted by molar-refractivity contribution is -0.140. The van der Waals surface area contributed by atoms with E-state index in [9.17, 15) is 19.8 Å². The number of hydrogen-bond acceptors (Lipinski definition) is 7. The predicted octanol–water partition coefficient (Wildman–Crippen LogP) is 3.49. The number of rotatable bonds is 12. The lowest BCUT2D eigenvalue weighted by atomic mass is 10.00. The summed E-state index contributed by atoms with van der Waals surface area (Å²) in [4.78, 5) is 27.0. The van der Waals surface area contributed by atoms with Gasteiger partial charge in [-0.15, -0.1) is 0 Å². The fraction of sp³-hybridized carbons (Fsp3) is 0.333. The number of aliphatic hydroxyl groups excluding tert-OH is 2. The molecule has 1 aliphatic heterocycles. The summed E-state index contributed by atoms with van der Waals surface area (Å²) in [5.41, 5.74) is 2.68. The Hall–Kier alpha value is -3.56. The molecule has 0 aromatic heterocycles. The standard InChI is InChI=1S/C30H33NO7/c32-27(21-36-18-22-10-4-1-5-11-22)29(34)28(33)26-16-25(37-19-23-12-6-2-7-13-23)17-31(26)30(35)38-20-24-14-8-3-9-15-24/h1-15,25-26,28-29,33-34H,16-21H2/t25-,26+,28+,29+/m1/s1.